The lowest BCUT2D eigenvalue weighted by atomic mass is 10.4. The van der Waals surface area contributed by atoms with Crippen molar-refractivity contribution in [1.82, 2.24) is 15.5 Å². The standard InChI is InChI=1S/C9H11N3OS/c1-7-2-3-8(14-7)4-10-5-9-11-6-13-12-9/h2-3,6,10H,4-5H2,1H3. The van der Waals surface area contributed by atoms with Crippen LogP contribution in [-0.4, -0.2) is 10.1 Å². The number of rotatable bonds is 4. The summed E-state index contributed by atoms with van der Waals surface area (Å²) >= 11 is 1.80. The lowest BCUT2D eigenvalue weighted by molar-refractivity contribution is 0.407. The van der Waals surface area contributed by atoms with Crippen LogP contribution in [0.1, 0.15) is 15.6 Å². The monoisotopic (exact) mass is 209 g/mol. The molecule has 74 valence electrons. The minimum absolute atomic E-state index is 0.646. The van der Waals surface area contributed by atoms with Crippen molar-refractivity contribution in [3.05, 3.63) is 34.1 Å². The van der Waals surface area contributed by atoms with Crippen molar-refractivity contribution in [2.45, 2.75) is 20.0 Å². The Hall–Kier alpha value is -1.20. The van der Waals surface area contributed by atoms with Gasteiger partial charge in [0.05, 0.1) is 6.54 Å². The zero-order valence-corrected chi connectivity index (χ0v) is 8.67. The first-order valence-corrected chi connectivity index (χ1v) is 5.17. The van der Waals surface area contributed by atoms with Crippen molar-refractivity contribution >= 4 is 11.3 Å². The third-order valence-electron chi connectivity index (χ3n) is 1.79. The van der Waals surface area contributed by atoms with Gasteiger partial charge in [0.2, 0.25) is 6.39 Å². The van der Waals surface area contributed by atoms with Crippen LogP contribution in [0, 0.1) is 6.92 Å². The van der Waals surface area contributed by atoms with Crippen LogP contribution in [0.2, 0.25) is 0 Å². The van der Waals surface area contributed by atoms with Gasteiger partial charge in [0.15, 0.2) is 5.82 Å². The molecule has 0 saturated carbocycles. The second-order valence-electron chi connectivity index (χ2n) is 2.96. The fourth-order valence-electron chi connectivity index (χ4n) is 1.15. The zero-order valence-electron chi connectivity index (χ0n) is 7.86. The SMILES string of the molecule is Cc1ccc(CNCc2ncon2)s1. The molecule has 0 saturated heterocycles. The number of nitrogens with one attached hydrogen (secondary N) is 1. The van der Waals surface area contributed by atoms with E-state index >= 15 is 0 Å². The molecule has 0 radical (unpaired) electrons. The van der Waals surface area contributed by atoms with Crippen LogP contribution in [0.15, 0.2) is 23.0 Å². The molecule has 14 heavy (non-hydrogen) atoms. The maximum atomic E-state index is 4.62. The second kappa shape index (κ2) is 4.34. The number of nitrogens with zero attached hydrogens (tertiary/aromatic N) is 2. The first-order valence-electron chi connectivity index (χ1n) is 4.36. The van der Waals surface area contributed by atoms with Crippen LogP contribution in [0.25, 0.3) is 0 Å². The van der Waals surface area contributed by atoms with Gasteiger partial charge in [-0.15, -0.1) is 11.3 Å². The van der Waals surface area contributed by atoms with E-state index in [1.165, 1.54) is 16.1 Å². The Morgan fingerprint density at radius 3 is 3.00 bits per heavy atom. The van der Waals surface area contributed by atoms with Crippen molar-refractivity contribution in [2.75, 3.05) is 0 Å². The molecule has 5 heteroatoms. The van der Waals surface area contributed by atoms with E-state index < -0.39 is 0 Å². The molecule has 0 unspecified atom stereocenters. The Bertz CT molecular complexity index is 382. The highest BCUT2D eigenvalue weighted by atomic mass is 32.1. The molecule has 1 N–H and O–H groups in total. The van der Waals surface area contributed by atoms with Crippen LogP contribution in [0.5, 0.6) is 0 Å². The number of hydrogen-bond acceptors (Lipinski definition) is 5. The maximum absolute atomic E-state index is 4.62. The quantitative estimate of drug-likeness (QED) is 0.833. The summed E-state index contributed by atoms with van der Waals surface area (Å²) in [4.78, 5) is 6.58. The van der Waals surface area contributed by atoms with Gasteiger partial charge in [0, 0.05) is 16.3 Å². The highest BCUT2D eigenvalue weighted by Gasteiger charge is 1.99. The maximum Gasteiger partial charge on any atom is 0.213 e. The molecule has 0 aromatic carbocycles. The Balaban J connectivity index is 1.78. The van der Waals surface area contributed by atoms with Crippen LogP contribution in [-0.2, 0) is 13.1 Å². The van der Waals surface area contributed by atoms with Gasteiger partial charge in [-0.2, -0.15) is 4.98 Å². The van der Waals surface area contributed by atoms with Crippen molar-refractivity contribution in [3.8, 4) is 0 Å². The van der Waals surface area contributed by atoms with Gasteiger partial charge in [-0.1, -0.05) is 5.16 Å². The molecule has 0 atom stereocenters. The summed E-state index contributed by atoms with van der Waals surface area (Å²) in [5.41, 5.74) is 0. The highest BCUT2D eigenvalue weighted by Crippen LogP contribution is 2.14. The van der Waals surface area contributed by atoms with Crippen LogP contribution < -0.4 is 5.32 Å². The molecule has 0 aliphatic heterocycles. The van der Waals surface area contributed by atoms with Gasteiger partial charge in [-0.25, -0.2) is 0 Å². The second-order valence-corrected chi connectivity index (χ2v) is 4.34. The summed E-state index contributed by atoms with van der Waals surface area (Å²) in [6, 6.07) is 4.25. The first kappa shape index (κ1) is 9.36. The van der Waals surface area contributed by atoms with E-state index in [9.17, 15) is 0 Å². The van der Waals surface area contributed by atoms with Gasteiger partial charge in [-0.05, 0) is 19.1 Å². The largest absolute Gasteiger partial charge is 0.343 e. The van der Waals surface area contributed by atoms with Crippen LogP contribution in [0.3, 0.4) is 0 Å². The van der Waals surface area contributed by atoms with Crippen molar-refractivity contribution in [2.24, 2.45) is 0 Å². The summed E-state index contributed by atoms with van der Waals surface area (Å²) in [5.74, 6) is 0.693. The lowest BCUT2D eigenvalue weighted by Crippen LogP contribution is -2.12. The number of thiophene rings is 1. The van der Waals surface area contributed by atoms with Gasteiger partial charge in [0.1, 0.15) is 0 Å². The topological polar surface area (TPSA) is 51.0 Å². The number of aryl methyl sites for hydroxylation is 1. The third-order valence-corrected chi connectivity index (χ3v) is 2.79. The predicted molar refractivity (Wildman–Crippen MR) is 53.9 cm³/mol. The smallest absolute Gasteiger partial charge is 0.213 e. The minimum Gasteiger partial charge on any atom is -0.343 e. The van der Waals surface area contributed by atoms with Gasteiger partial charge >= 0.3 is 0 Å². The molecule has 2 aromatic heterocycles. The summed E-state index contributed by atoms with van der Waals surface area (Å²) in [5, 5.41) is 6.95. The molecule has 2 heterocycles. The highest BCUT2D eigenvalue weighted by molar-refractivity contribution is 7.11. The molecular weight excluding hydrogens is 198 g/mol. The summed E-state index contributed by atoms with van der Waals surface area (Å²) in [6.45, 7) is 3.61. The summed E-state index contributed by atoms with van der Waals surface area (Å²) in [7, 11) is 0. The average molecular weight is 209 g/mol. The van der Waals surface area contributed by atoms with Crippen molar-refractivity contribution in [3.63, 3.8) is 0 Å². The Morgan fingerprint density at radius 2 is 2.36 bits per heavy atom. The lowest BCUT2D eigenvalue weighted by Gasteiger charge is -1.97. The van der Waals surface area contributed by atoms with Crippen LogP contribution >= 0.6 is 11.3 Å². The molecular formula is C9H11N3OS. The van der Waals surface area contributed by atoms with E-state index in [0.717, 1.165) is 6.54 Å². The predicted octanol–water partition coefficient (Wildman–Crippen LogP) is 1.73. The molecule has 0 aliphatic carbocycles. The Labute approximate surface area is 86.0 Å². The molecule has 4 nitrogen and oxygen atoms in total. The van der Waals surface area contributed by atoms with Gasteiger partial charge < -0.3 is 9.84 Å². The average Bonchev–Trinajstić information content (AvgIpc) is 2.77. The molecule has 0 aliphatic rings. The third kappa shape index (κ3) is 2.40. The molecule has 0 amide bonds. The number of hydrogen-bond donors (Lipinski definition) is 1. The first-order chi connectivity index (χ1) is 6.84. The molecule has 2 rings (SSSR count). The van der Waals surface area contributed by atoms with E-state index in [1.807, 2.05) is 0 Å². The molecule has 0 fully saturated rings. The van der Waals surface area contributed by atoms with E-state index in [-0.39, 0.29) is 0 Å². The normalized spacial score (nSPS) is 10.6. The summed E-state index contributed by atoms with van der Waals surface area (Å²) < 4.78 is 4.62. The van der Waals surface area contributed by atoms with E-state index in [4.69, 9.17) is 0 Å². The fraction of sp³-hybridized carbons (Fsp3) is 0.333. The molecule has 0 bridgehead atoms. The molecule has 2 aromatic rings. The fourth-order valence-corrected chi connectivity index (χ4v) is 2.01. The zero-order chi connectivity index (χ0) is 9.80. The van der Waals surface area contributed by atoms with Gasteiger partial charge in [-0.3, -0.25) is 0 Å². The van der Waals surface area contributed by atoms with Crippen molar-refractivity contribution < 1.29 is 4.52 Å². The van der Waals surface area contributed by atoms with Crippen molar-refractivity contribution in [1.29, 1.82) is 0 Å². The summed E-state index contributed by atoms with van der Waals surface area (Å²) in [6.07, 6.45) is 1.34. The van der Waals surface area contributed by atoms with Gasteiger partial charge in [0.25, 0.3) is 0 Å². The minimum atomic E-state index is 0.646. The van der Waals surface area contributed by atoms with E-state index in [1.54, 1.807) is 11.3 Å². The van der Waals surface area contributed by atoms with E-state index in [2.05, 4.69) is 39.0 Å². The molecule has 0 spiro atoms. The number of aromatic nitrogens is 2. The Kier molecular flexibility index (Phi) is 2.90. The van der Waals surface area contributed by atoms with Crippen LogP contribution in [0.4, 0.5) is 0 Å². The van der Waals surface area contributed by atoms with E-state index in [0.29, 0.717) is 12.4 Å². The Morgan fingerprint density at radius 1 is 1.43 bits per heavy atom.